The Morgan fingerprint density at radius 2 is 1.85 bits per heavy atom. The van der Waals surface area contributed by atoms with Crippen molar-refractivity contribution in [3.8, 4) is 5.75 Å². The topological polar surface area (TPSA) is 63.2 Å². The Kier molecular flexibility index (Phi) is 7.17. The van der Waals surface area contributed by atoms with E-state index in [1.54, 1.807) is 25.5 Å². The van der Waals surface area contributed by atoms with Crippen LogP contribution in [-0.4, -0.2) is 51.9 Å². The van der Waals surface area contributed by atoms with Crippen LogP contribution in [0.1, 0.15) is 27.5 Å². The first-order valence-electron chi connectivity index (χ1n) is 8.31. The fourth-order valence-electron chi connectivity index (χ4n) is 2.64. The Bertz CT molecular complexity index is 742. The molecule has 0 aliphatic carbocycles. The molecule has 2 aromatic carbocycles. The smallest absolute Gasteiger partial charge is 0.251 e. The molecule has 1 unspecified atom stereocenters. The molecule has 0 saturated heterocycles. The van der Waals surface area contributed by atoms with Gasteiger partial charge in [-0.25, -0.2) is 0 Å². The predicted molar refractivity (Wildman–Crippen MR) is 103 cm³/mol. The molecule has 1 atom stereocenters. The van der Waals surface area contributed by atoms with Crippen molar-refractivity contribution in [2.24, 2.45) is 5.16 Å². The summed E-state index contributed by atoms with van der Waals surface area (Å²) in [6.07, 6.45) is 1.59. The molecule has 2 rings (SSSR count). The van der Waals surface area contributed by atoms with Gasteiger partial charge in [0.15, 0.2) is 0 Å². The molecule has 138 valence electrons. The zero-order valence-electron chi connectivity index (χ0n) is 15.6. The summed E-state index contributed by atoms with van der Waals surface area (Å²) in [6, 6.07) is 15.0. The maximum atomic E-state index is 12.5. The first kappa shape index (κ1) is 19.5. The van der Waals surface area contributed by atoms with Crippen molar-refractivity contribution >= 4 is 12.1 Å². The van der Waals surface area contributed by atoms with Gasteiger partial charge in [-0.2, -0.15) is 0 Å². The van der Waals surface area contributed by atoms with Gasteiger partial charge in [0.25, 0.3) is 5.91 Å². The summed E-state index contributed by atoms with van der Waals surface area (Å²) in [6.45, 7) is 0.471. The second-order valence-corrected chi connectivity index (χ2v) is 5.97. The van der Waals surface area contributed by atoms with E-state index >= 15 is 0 Å². The maximum Gasteiger partial charge on any atom is 0.251 e. The second kappa shape index (κ2) is 9.58. The SMILES string of the molecule is CO/N=C/c1ccc(C(=O)NCC(c2ccccc2OC)N(C)C)cc1. The Morgan fingerprint density at radius 3 is 2.46 bits per heavy atom. The maximum absolute atomic E-state index is 12.5. The van der Waals surface area contributed by atoms with Crippen LogP contribution >= 0.6 is 0 Å². The highest BCUT2D eigenvalue weighted by molar-refractivity contribution is 5.95. The average molecular weight is 355 g/mol. The third-order valence-electron chi connectivity index (χ3n) is 4.06. The number of ether oxygens (including phenoxy) is 1. The van der Waals surface area contributed by atoms with Crippen LogP contribution in [0, 0.1) is 0 Å². The van der Waals surface area contributed by atoms with Crippen molar-refractivity contribution in [2.45, 2.75) is 6.04 Å². The van der Waals surface area contributed by atoms with E-state index in [-0.39, 0.29) is 11.9 Å². The zero-order valence-corrected chi connectivity index (χ0v) is 15.6. The summed E-state index contributed by atoms with van der Waals surface area (Å²) >= 11 is 0. The number of nitrogens with one attached hydrogen (secondary N) is 1. The van der Waals surface area contributed by atoms with Crippen molar-refractivity contribution in [2.75, 3.05) is 34.9 Å². The van der Waals surface area contributed by atoms with E-state index in [4.69, 9.17) is 4.74 Å². The monoisotopic (exact) mass is 355 g/mol. The molecule has 26 heavy (non-hydrogen) atoms. The van der Waals surface area contributed by atoms with Gasteiger partial charge in [0, 0.05) is 17.7 Å². The molecular formula is C20H25N3O3. The van der Waals surface area contributed by atoms with Gasteiger partial charge in [0.2, 0.25) is 0 Å². The Hall–Kier alpha value is -2.86. The van der Waals surface area contributed by atoms with Gasteiger partial charge < -0.3 is 19.8 Å². The molecule has 0 aliphatic rings. The van der Waals surface area contributed by atoms with Crippen LogP contribution in [0.5, 0.6) is 5.75 Å². The Labute approximate surface area is 154 Å². The zero-order chi connectivity index (χ0) is 18.9. The van der Waals surface area contributed by atoms with Crippen molar-refractivity contribution in [3.63, 3.8) is 0 Å². The minimum Gasteiger partial charge on any atom is -0.496 e. The number of likely N-dealkylation sites (N-methyl/N-ethyl adjacent to an activating group) is 1. The van der Waals surface area contributed by atoms with Crippen LogP contribution in [0.3, 0.4) is 0 Å². The molecule has 1 amide bonds. The van der Waals surface area contributed by atoms with E-state index in [2.05, 4.69) is 20.2 Å². The van der Waals surface area contributed by atoms with Crippen molar-refractivity contribution in [3.05, 3.63) is 65.2 Å². The average Bonchev–Trinajstić information content (AvgIpc) is 2.66. The first-order chi connectivity index (χ1) is 12.6. The molecule has 0 heterocycles. The van der Waals surface area contributed by atoms with Crippen LogP contribution < -0.4 is 10.1 Å². The van der Waals surface area contributed by atoms with Gasteiger partial charge in [-0.15, -0.1) is 0 Å². The summed E-state index contributed by atoms with van der Waals surface area (Å²) in [4.78, 5) is 19.2. The van der Waals surface area contributed by atoms with Gasteiger partial charge in [-0.1, -0.05) is 35.5 Å². The van der Waals surface area contributed by atoms with Crippen LogP contribution in [0.4, 0.5) is 0 Å². The Balaban J connectivity index is 2.07. The molecule has 0 fully saturated rings. The molecular weight excluding hydrogens is 330 g/mol. The van der Waals surface area contributed by atoms with Crippen molar-refractivity contribution < 1.29 is 14.4 Å². The molecule has 0 saturated carbocycles. The van der Waals surface area contributed by atoms with E-state index in [0.29, 0.717) is 12.1 Å². The number of methoxy groups -OCH3 is 1. The standard InChI is InChI=1S/C20H25N3O3/c1-23(2)18(17-7-5-6-8-19(17)25-3)14-21-20(24)16-11-9-15(10-12-16)13-22-26-4/h5-13,18H,14H2,1-4H3,(H,21,24)/b22-13+. The number of para-hydroxylation sites is 1. The van der Waals surface area contributed by atoms with Crippen LogP contribution in [-0.2, 0) is 4.84 Å². The first-order valence-corrected chi connectivity index (χ1v) is 8.31. The number of amides is 1. The number of hydrogen-bond acceptors (Lipinski definition) is 5. The van der Waals surface area contributed by atoms with Gasteiger partial charge in [-0.05, 0) is 37.9 Å². The van der Waals surface area contributed by atoms with Gasteiger partial charge >= 0.3 is 0 Å². The molecule has 0 aliphatic heterocycles. The lowest BCUT2D eigenvalue weighted by atomic mass is 10.0. The minimum atomic E-state index is -0.123. The molecule has 0 aromatic heterocycles. The lowest BCUT2D eigenvalue weighted by Gasteiger charge is -2.26. The molecule has 0 bridgehead atoms. The fourth-order valence-corrected chi connectivity index (χ4v) is 2.64. The van der Waals surface area contributed by atoms with Crippen LogP contribution in [0.25, 0.3) is 0 Å². The van der Waals surface area contributed by atoms with E-state index in [1.807, 2.05) is 50.5 Å². The molecule has 1 N–H and O–H groups in total. The van der Waals surface area contributed by atoms with Crippen molar-refractivity contribution in [1.29, 1.82) is 0 Å². The van der Waals surface area contributed by atoms with E-state index in [0.717, 1.165) is 16.9 Å². The lowest BCUT2D eigenvalue weighted by molar-refractivity contribution is 0.0941. The highest BCUT2D eigenvalue weighted by Gasteiger charge is 2.19. The summed E-state index contributed by atoms with van der Waals surface area (Å²) < 4.78 is 5.45. The highest BCUT2D eigenvalue weighted by Crippen LogP contribution is 2.27. The second-order valence-electron chi connectivity index (χ2n) is 5.97. The highest BCUT2D eigenvalue weighted by atomic mass is 16.6. The summed E-state index contributed by atoms with van der Waals surface area (Å²) in [5.41, 5.74) is 2.49. The number of oxime groups is 1. The van der Waals surface area contributed by atoms with Crippen LogP contribution in [0.2, 0.25) is 0 Å². The van der Waals surface area contributed by atoms with E-state index < -0.39 is 0 Å². The quantitative estimate of drug-likeness (QED) is 0.584. The minimum absolute atomic E-state index is 0.00297. The molecule has 0 spiro atoms. The number of carbonyl (C=O) groups excluding carboxylic acids is 1. The van der Waals surface area contributed by atoms with Gasteiger partial charge in [0.05, 0.1) is 19.4 Å². The number of rotatable bonds is 8. The Morgan fingerprint density at radius 1 is 1.15 bits per heavy atom. The lowest BCUT2D eigenvalue weighted by Crippen LogP contribution is -2.34. The third-order valence-corrected chi connectivity index (χ3v) is 4.06. The van der Waals surface area contributed by atoms with Crippen molar-refractivity contribution in [1.82, 2.24) is 10.2 Å². The number of carbonyl (C=O) groups is 1. The molecule has 2 aromatic rings. The summed E-state index contributed by atoms with van der Waals surface area (Å²) in [7, 11) is 7.10. The van der Waals surface area contributed by atoms with Gasteiger partial charge in [-0.3, -0.25) is 4.79 Å². The summed E-state index contributed by atoms with van der Waals surface area (Å²) in [5.74, 6) is 0.684. The molecule has 6 heteroatoms. The fraction of sp³-hybridized carbons (Fsp3) is 0.300. The normalized spacial score (nSPS) is 12.2. The summed E-state index contributed by atoms with van der Waals surface area (Å²) in [5, 5.41) is 6.70. The van der Waals surface area contributed by atoms with E-state index in [1.165, 1.54) is 7.11 Å². The molecule has 0 radical (unpaired) electrons. The van der Waals surface area contributed by atoms with E-state index in [9.17, 15) is 4.79 Å². The number of nitrogens with zero attached hydrogens (tertiary/aromatic N) is 2. The third kappa shape index (κ3) is 5.07. The largest absolute Gasteiger partial charge is 0.496 e. The number of benzene rings is 2. The number of hydrogen-bond donors (Lipinski definition) is 1. The van der Waals surface area contributed by atoms with Gasteiger partial charge in [0.1, 0.15) is 12.9 Å². The van der Waals surface area contributed by atoms with Crippen LogP contribution in [0.15, 0.2) is 53.7 Å². The predicted octanol–water partition coefficient (Wildman–Crippen LogP) is 2.71. The molecule has 6 nitrogen and oxygen atoms in total.